The van der Waals surface area contributed by atoms with Crippen LogP contribution in [0.25, 0.3) is 0 Å². The van der Waals surface area contributed by atoms with E-state index in [0.29, 0.717) is 31.7 Å². The third kappa shape index (κ3) is 3.88. The second-order valence-corrected chi connectivity index (χ2v) is 6.63. The van der Waals surface area contributed by atoms with Crippen molar-refractivity contribution < 1.29 is 9.53 Å². The molecule has 1 aromatic rings. The van der Waals surface area contributed by atoms with Crippen LogP contribution in [-0.2, 0) is 9.53 Å². The summed E-state index contributed by atoms with van der Waals surface area (Å²) in [7, 11) is 4.16. The summed E-state index contributed by atoms with van der Waals surface area (Å²) in [4.78, 5) is 21.1. The first-order chi connectivity index (χ1) is 11.1. The Hall–Kier alpha value is -1.50. The van der Waals surface area contributed by atoms with Crippen LogP contribution < -0.4 is 5.32 Å². The van der Waals surface area contributed by atoms with Crippen LogP contribution in [-0.4, -0.2) is 73.7 Å². The van der Waals surface area contributed by atoms with Crippen molar-refractivity contribution in [2.75, 3.05) is 46.9 Å². The van der Waals surface area contributed by atoms with Gasteiger partial charge in [-0.1, -0.05) is 6.07 Å². The van der Waals surface area contributed by atoms with E-state index in [0.717, 1.165) is 19.5 Å². The van der Waals surface area contributed by atoms with Crippen LogP contribution >= 0.6 is 0 Å². The van der Waals surface area contributed by atoms with Gasteiger partial charge in [0.15, 0.2) is 0 Å². The summed E-state index contributed by atoms with van der Waals surface area (Å²) in [6, 6.07) is 4.41. The van der Waals surface area contributed by atoms with Gasteiger partial charge in [-0.15, -0.1) is 0 Å². The third-order valence-electron chi connectivity index (χ3n) is 4.90. The molecule has 3 rings (SSSR count). The maximum atomic E-state index is 12.3. The topological polar surface area (TPSA) is 57.7 Å². The van der Waals surface area contributed by atoms with Gasteiger partial charge in [-0.05, 0) is 44.6 Å². The Morgan fingerprint density at radius 3 is 3.04 bits per heavy atom. The molecule has 0 aromatic carbocycles. The monoisotopic (exact) mass is 318 g/mol. The van der Waals surface area contributed by atoms with E-state index in [1.807, 2.05) is 19.3 Å². The molecule has 3 atom stereocenters. The standard InChI is InChI=1S/C17H26N4O2/c1-20-8-9-23-15(12-20)17(22)19-11-14-5-7-21(2)16(14)13-4-3-6-18-10-13/h3-4,6,10,14-16H,5,7-9,11-12H2,1-2H3,(H,19,22)/t14-,15+,16-/m0/s1. The molecule has 23 heavy (non-hydrogen) atoms. The van der Waals surface area contributed by atoms with Gasteiger partial charge in [-0.3, -0.25) is 14.7 Å². The van der Waals surface area contributed by atoms with E-state index in [1.165, 1.54) is 5.56 Å². The Balaban J connectivity index is 1.57. The molecule has 2 aliphatic rings. The molecule has 0 radical (unpaired) electrons. The number of nitrogens with zero attached hydrogens (tertiary/aromatic N) is 3. The number of carbonyl (C=O) groups excluding carboxylic acids is 1. The Bertz CT molecular complexity index is 525. The fourth-order valence-corrected chi connectivity index (χ4v) is 3.60. The number of likely N-dealkylation sites (tertiary alicyclic amines) is 1. The first-order valence-electron chi connectivity index (χ1n) is 8.33. The summed E-state index contributed by atoms with van der Waals surface area (Å²) in [6.07, 6.45) is 4.47. The summed E-state index contributed by atoms with van der Waals surface area (Å²) in [5, 5.41) is 3.10. The quantitative estimate of drug-likeness (QED) is 0.877. The van der Waals surface area contributed by atoms with Crippen molar-refractivity contribution in [3.8, 4) is 0 Å². The highest BCUT2D eigenvalue weighted by Crippen LogP contribution is 2.35. The molecular weight excluding hydrogens is 292 g/mol. The fourth-order valence-electron chi connectivity index (χ4n) is 3.60. The molecule has 0 saturated carbocycles. The molecule has 1 N–H and O–H groups in total. The van der Waals surface area contributed by atoms with Gasteiger partial charge < -0.3 is 15.0 Å². The number of morpholine rings is 1. The van der Waals surface area contributed by atoms with Gasteiger partial charge in [-0.25, -0.2) is 0 Å². The first-order valence-corrected chi connectivity index (χ1v) is 8.33. The molecule has 6 heteroatoms. The van der Waals surface area contributed by atoms with Crippen molar-refractivity contribution in [3.05, 3.63) is 30.1 Å². The van der Waals surface area contributed by atoms with Crippen molar-refractivity contribution in [1.82, 2.24) is 20.1 Å². The van der Waals surface area contributed by atoms with Crippen LogP contribution in [0.3, 0.4) is 0 Å². The minimum Gasteiger partial charge on any atom is -0.366 e. The van der Waals surface area contributed by atoms with Gasteiger partial charge in [0.05, 0.1) is 6.61 Å². The number of nitrogens with one attached hydrogen (secondary N) is 1. The van der Waals surface area contributed by atoms with Crippen LogP contribution in [0.4, 0.5) is 0 Å². The fraction of sp³-hybridized carbons (Fsp3) is 0.647. The SMILES string of the molecule is CN1CCO[C@@H](C(=O)NC[C@@H]2CCN(C)[C@H]2c2cccnc2)C1. The first kappa shape index (κ1) is 16.4. The van der Waals surface area contributed by atoms with Crippen molar-refractivity contribution in [1.29, 1.82) is 0 Å². The highest BCUT2D eigenvalue weighted by atomic mass is 16.5. The summed E-state index contributed by atoms with van der Waals surface area (Å²) in [6.45, 7) is 3.91. The number of carbonyl (C=O) groups is 1. The lowest BCUT2D eigenvalue weighted by molar-refractivity contribution is -0.138. The van der Waals surface area contributed by atoms with Gasteiger partial charge in [-0.2, -0.15) is 0 Å². The number of pyridine rings is 1. The summed E-state index contributed by atoms with van der Waals surface area (Å²) >= 11 is 0. The second-order valence-electron chi connectivity index (χ2n) is 6.63. The normalized spacial score (nSPS) is 29.6. The van der Waals surface area contributed by atoms with Crippen molar-refractivity contribution in [3.63, 3.8) is 0 Å². The zero-order valence-electron chi connectivity index (χ0n) is 13.9. The third-order valence-corrected chi connectivity index (χ3v) is 4.90. The van der Waals surface area contributed by atoms with E-state index in [2.05, 4.69) is 33.2 Å². The lowest BCUT2D eigenvalue weighted by Crippen LogP contribution is -2.49. The number of likely N-dealkylation sites (N-methyl/N-ethyl adjacent to an activating group) is 1. The van der Waals surface area contributed by atoms with Gasteiger partial charge in [0, 0.05) is 38.1 Å². The van der Waals surface area contributed by atoms with Gasteiger partial charge >= 0.3 is 0 Å². The molecule has 2 aliphatic heterocycles. The minimum atomic E-state index is -0.343. The van der Waals surface area contributed by atoms with E-state index in [9.17, 15) is 4.79 Å². The van der Waals surface area contributed by atoms with Gasteiger partial charge in [0.1, 0.15) is 6.10 Å². The van der Waals surface area contributed by atoms with Crippen LogP contribution in [0, 0.1) is 5.92 Å². The van der Waals surface area contributed by atoms with Gasteiger partial charge in [0.2, 0.25) is 5.91 Å². The zero-order chi connectivity index (χ0) is 16.2. The van der Waals surface area contributed by atoms with E-state index in [-0.39, 0.29) is 12.0 Å². The van der Waals surface area contributed by atoms with Crippen molar-refractivity contribution in [2.45, 2.75) is 18.6 Å². The van der Waals surface area contributed by atoms with Crippen molar-refractivity contribution in [2.24, 2.45) is 5.92 Å². The molecule has 0 spiro atoms. The molecule has 6 nitrogen and oxygen atoms in total. The average Bonchev–Trinajstić information content (AvgIpc) is 2.94. The van der Waals surface area contributed by atoms with E-state index in [4.69, 9.17) is 4.74 Å². The largest absolute Gasteiger partial charge is 0.366 e. The average molecular weight is 318 g/mol. The second kappa shape index (κ2) is 7.38. The molecule has 3 heterocycles. The predicted molar refractivity (Wildman–Crippen MR) is 88.0 cm³/mol. The summed E-state index contributed by atoms with van der Waals surface area (Å²) < 4.78 is 5.58. The molecule has 126 valence electrons. The number of hydrogen-bond donors (Lipinski definition) is 1. The zero-order valence-corrected chi connectivity index (χ0v) is 13.9. The number of rotatable bonds is 4. The molecule has 2 saturated heterocycles. The van der Waals surface area contributed by atoms with Crippen molar-refractivity contribution >= 4 is 5.91 Å². The number of aromatic nitrogens is 1. The highest BCUT2D eigenvalue weighted by molar-refractivity contribution is 5.81. The lowest BCUT2D eigenvalue weighted by atomic mass is 9.94. The smallest absolute Gasteiger partial charge is 0.250 e. The van der Waals surface area contributed by atoms with Crippen LogP contribution in [0.1, 0.15) is 18.0 Å². The maximum absolute atomic E-state index is 12.3. The molecule has 0 bridgehead atoms. The lowest BCUT2D eigenvalue weighted by Gasteiger charge is -2.30. The Morgan fingerprint density at radius 2 is 2.30 bits per heavy atom. The van der Waals surface area contributed by atoms with Crippen LogP contribution in [0.5, 0.6) is 0 Å². The minimum absolute atomic E-state index is 0.0102. The maximum Gasteiger partial charge on any atom is 0.250 e. The number of ether oxygens (including phenoxy) is 1. The summed E-state index contributed by atoms with van der Waals surface area (Å²) in [5.41, 5.74) is 1.22. The van der Waals surface area contributed by atoms with E-state index in [1.54, 1.807) is 6.20 Å². The highest BCUT2D eigenvalue weighted by Gasteiger charge is 2.34. The predicted octanol–water partition coefficient (Wildman–Crippen LogP) is 0.521. The van der Waals surface area contributed by atoms with Crippen LogP contribution in [0.15, 0.2) is 24.5 Å². The van der Waals surface area contributed by atoms with Crippen LogP contribution in [0.2, 0.25) is 0 Å². The molecule has 2 fully saturated rings. The van der Waals surface area contributed by atoms with E-state index >= 15 is 0 Å². The number of hydrogen-bond acceptors (Lipinski definition) is 5. The molecule has 0 unspecified atom stereocenters. The molecule has 0 aliphatic carbocycles. The number of amides is 1. The Morgan fingerprint density at radius 1 is 1.43 bits per heavy atom. The Labute approximate surface area is 137 Å². The molecule has 1 aromatic heterocycles. The van der Waals surface area contributed by atoms with E-state index < -0.39 is 0 Å². The van der Waals surface area contributed by atoms with Gasteiger partial charge in [0.25, 0.3) is 0 Å². The Kier molecular flexibility index (Phi) is 5.25. The molecule has 1 amide bonds. The summed E-state index contributed by atoms with van der Waals surface area (Å²) in [5.74, 6) is 0.422. The molecular formula is C17H26N4O2.